The molecule has 20 heavy (non-hydrogen) atoms. The molecule has 0 radical (unpaired) electrons. The highest BCUT2D eigenvalue weighted by Gasteiger charge is 2.22. The van der Waals surface area contributed by atoms with Crippen LogP contribution in [0.25, 0.3) is 0 Å². The van der Waals surface area contributed by atoms with Crippen LogP contribution < -0.4 is 5.32 Å². The van der Waals surface area contributed by atoms with Gasteiger partial charge in [-0.3, -0.25) is 14.9 Å². The molecule has 0 heterocycles. The lowest BCUT2D eigenvalue weighted by molar-refractivity contribution is -0.384. The van der Waals surface area contributed by atoms with Crippen molar-refractivity contribution < 1.29 is 9.72 Å². The first-order valence-electron chi connectivity index (χ1n) is 6.69. The summed E-state index contributed by atoms with van der Waals surface area (Å²) < 4.78 is 0. The summed E-state index contributed by atoms with van der Waals surface area (Å²) in [5.41, 5.74) is 0.0287. The van der Waals surface area contributed by atoms with Gasteiger partial charge in [-0.25, -0.2) is 0 Å². The van der Waals surface area contributed by atoms with Gasteiger partial charge in [0.05, 0.1) is 15.5 Å². The van der Waals surface area contributed by atoms with E-state index in [1.54, 1.807) is 0 Å². The van der Waals surface area contributed by atoms with Gasteiger partial charge in [-0.1, -0.05) is 24.9 Å². The minimum absolute atomic E-state index is 0.131. The second kappa shape index (κ2) is 6.22. The molecule has 2 unspecified atom stereocenters. The van der Waals surface area contributed by atoms with Crippen molar-refractivity contribution in [3.05, 3.63) is 38.9 Å². The Morgan fingerprint density at radius 2 is 2.25 bits per heavy atom. The molecule has 0 spiro atoms. The fourth-order valence-electron chi connectivity index (χ4n) is 2.64. The Bertz CT molecular complexity index is 533. The van der Waals surface area contributed by atoms with Crippen LogP contribution in [0.1, 0.15) is 36.5 Å². The second-order valence-corrected chi connectivity index (χ2v) is 5.82. The summed E-state index contributed by atoms with van der Waals surface area (Å²) >= 11 is 5.93. The van der Waals surface area contributed by atoms with Crippen LogP contribution in [0.15, 0.2) is 18.2 Å². The summed E-state index contributed by atoms with van der Waals surface area (Å²) in [4.78, 5) is 22.2. The average Bonchev–Trinajstić information content (AvgIpc) is 2.82. The SMILES string of the molecule is CC1CCC(CNC(=O)c2cc([N+](=O)[O-])ccc2Cl)C1. The van der Waals surface area contributed by atoms with Crippen LogP contribution in [0, 0.1) is 22.0 Å². The third kappa shape index (κ3) is 3.48. The molecule has 1 aliphatic carbocycles. The third-order valence-corrected chi connectivity index (χ3v) is 4.09. The number of hydrogen-bond acceptors (Lipinski definition) is 3. The Balaban J connectivity index is 2.01. The van der Waals surface area contributed by atoms with E-state index < -0.39 is 4.92 Å². The molecule has 5 nitrogen and oxygen atoms in total. The Hall–Kier alpha value is -1.62. The molecule has 6 heteroatoms. The number of non-ortho nitro benzene ring substituents is 1. The fraction of sp³-hybridized carbons (Fsp3) is 0.500. The molecule has 1 fully saturated rings. The summed E-state index contributed by atoms with van der Waals surface area (Å²) in [7, 11) is 0. The van der Waals surface area contributed by atoms with Crippen LogP contribution in [-0.2, 0) is 0 Å². The van der Waals surface area contributed by atoms with Gasteiger partial charge in [0, 0.05) is 18.7 Å². The van der Waals surface area contributed by atoms with Gasteiger partial charge in [0.2, 0.25) is 0 Å². The molecule has 108 valence electrons. The quantitative estimate of drug-likeness (QED) is 0.683. The van der Waals surface area contributed by atoms with E-state index in [-0.39, 0.29) is 22.2 Å². The molecule has 2 rings (SSSR count). The zero-order valence-corrected chi connectivity index (χ0v) is 12.0. The van der Waals surface area contributed by atoms with E-state index in [1.807, 2.05) is 0 Å². The van der Waals surface area contributed by atoms with E-state index in [4.69, 9.17) is 11.6 Å². The second-order valence-electron chi connectivity index (χ2n) is 5.42. The number of nitro groups is 1. The van der Waals surface area contributed by atoms with E-state index in [1.165, 1.54) is 24.6 Å². The molecular weight excluding hydrogens is 280 g/mol. The van der Waals surface area contributed by atoms with Gasteiger partial charge < -0.3 is 5.32 Å². The Morgan fingerprint density at radius 3 is 2.85 bits per heavy atom. The molecular formula is C14H17ClN2O3. The minimum atomic E-state index is -0.536. The molecule has 1 amide bonds. The fourth-order valence-corrected chi connectivity index (χ4v) is 2.85. The summed E-state index contributed by atoms with van der Waals surface area (Å²) in [5, 5.41) is 13.8. The normalized spacial score (nSPS) is 21.7. The van der Waals surface area contributed by atoms with E-state index in [0.29, 0.717) is 18.4 Å². The number of nitrogens with zero attached hydrogens (tertiary/aromatic N) is 1. The van der Waals surface area contributed by atoms with Gasteiger partial charge in [0.15, 0.2) is 0 Å². The standard InChI is InChI=1S/C14H17ClN2O3/c1-9-2-3-10(6-9)8-16-14(18)12-7-11(17(19)20)4-5-13(12)15/h4-5,7,9-10H,2-3,6,8H2,1H3,(H,16,18). The van der Waals surface area contributed by atoms with Crippen molar-refractivity contribution >= 4 is 23.2 Å². The smallest absolute Gasteiger partial charge is 0.270 e. The van der Waals surface area contributed by atoms with Gasteiger partial charge in [-0.15, -0.1) is 0 Å². The van der Waals surface area contributed by atoms with E-state index in [0.717, 1.165) is 12.8 Å². The third-order valence-electron chi connectivity index (χ3n) is 3.76. The predicted octanol–water partition coefficient (Wildman–Crippen LogP) is 3.41. The minimum Gasteiger partial charge on any atom is -0.352 e. The zero-order chi connectivity index (χ0) is 14.7. The van der Waals surface area contributed by atoms with Crippen molar-refractivity contribution in [1.82, 2.24) is 5.32 Å². The Labute approximate surface area is 122 Å². The molecule has 1 saturated carbocycles. The first kappa shape index (κ1) is 14.8. The number of carbonyl (C=O) groups excluding carboxylic acids is 1. The van der Waals surface area contributed by atoms with E-state index in [2.05, 4.69) is 12.2 Å². The van der Waals surface area contributed by atoms with Gasteiger partial charge >= 0.3 is 0 Å². The lowest BCUT2D eigenvalue weighted by Crippen LogP contribution is -2.28. The number of benzene rings is 1. The van der Waals surface area contributed by atoms with Crippen molar-refractivity contribution in [2.24, 2.45) is 11.8 Å². The number of halogens is 1. The molecule has 0 aromatic heterocycles. The topological polar surface area (TPSA) is 72.2 Å². The predicted molar refractivity (Wildman–Crippen MR) is 76.9 cm³/mol. The van der Waals surface area contributed by atoms with E-state index in [9.17, 15) is 14.9 Å². The largest absolute Gasteiger partial charge is 0.352 e. The molecule has 2 atom stereocenters. The monoisotopic (exact) mass is 296 g/mol. The van der Waals surface area contributed by atoms with Crippen molar-refractivity contribution in [2.75, 3.05) is 6.54 Å². The van der Waals surface area contributed by atoms with Crippen LogP contribution in [-0.4, -0.2) is 17.4 Å². The number of amides is 1. The van der Waals surface area contributed by atoms with Gasteiger partial charge in [-0.2, -0.15) is 0 Å². The molecule has 0 saturated heterocycles. The van der Waals surface area contributed by atoms with Crippen molar-refractivity contribution in [3.63, 3.8) is 0 Å². The van der Waals surface area contributed by atoms with Crippen LogP contribution in [0.5, 0.6) is 0 Å². The molecule has 0 aliphatic heterocycles. The highest BCUT2D eigenvalue weighted by molar-refractivity contribution is 6.33. The van der Waals surface area contributed by atoms with Crippen molar-refractivity contribution in [1.29, 1.82) is 0 Å². The molecule has 0 bridgehead atoms. The summed E-state index contributed by atoms with van der Waals surface area (Å²) in [6.07, 6.45) is 3.42. The summed E-state index contributed by atoms with van der Waals surface area (Å²) in [6.45, 7) is 2.81. The number of hydrogen-bond donors (Lipinski definition) is 1. The van der Waals surface area contributed by atoms with Crippen LogP contribution >= 0.6 is 11.6 Å². The van der Waals surface area contributed by atoms with Crippen LogP contribution in [0.2, 0.25) is 5.02 Å². The maximum absolute atomic E-state index is 12.1. The van der Waals surface area contributed by atoms with Crippen LogP contribution in [0.4, 0.5) is 5.69 Å². The number of nitro benzene ring substituents is 1. The molecule has 1 aliphatic rings. The van der Waals surface area contributed by atoms with E-state index >= 15 is 0 Å². The molecule has 1 aromatic rings. The first-order chi connectivity index (χ1) is 9.47. The van der Waals surface area contributed by atoms with Gasteiger partial charge in [-0.05, 0) is 30.7 Å². The van der Waals surface area contributed by atoms with Gasteiger partial charge in [0.25, 0.3) is 11.6 Å². The Kier molecular flexibility index (Phi) is 4.60. The highest BCUT2D eigenvalue weighted by atomic mass is 35.5. The average molecular weight is 297 g/mol. The molecule has 1 N–H and O–H groups in total. The maximum atomic E-state index is 12.1. The summed E-state index contributed by atoms with van der Waals surface area (Å²) in [6, 6.07) is 3.89. The maximum Gasteiger partial charge on any atom is 0.270 e. The Morgan fingerprint density at radius 1 is 1.50 bits per heavy atom. The first-order valence-corrected chi connectivity index (χ1v) is 7.07. The van der Waals surface area contributed by atoms with Crippen molar-refractivity contribution in [2.45, 2.75) is 26.2 Å². The lowest BCUT2D eigenvalue weighted by atomic mass is 10.1. The van der Waals surface area contributed by atoms with Gasteiger partial charge in [0.1, 0.15) is 0 Å². The number of nitrogens with one attached hydrogen (secondary N) is 1. The lowest BCUT2D eigenvalue weighted by Gasteiger charge is -2.11. The zero-order valence-electron chi connectivity index (χ0n) is 11.3. The van der Waals surface area contributed by atoms with Crippen LogP contribution in [0.3, 0.4) is 0 Å². The molecule has 1 aromatic carbocycles. The number of rotatable bonds is 4. The highest BCUT2D eigenvalue weighted by Crippen LogP contribution is 2.29. The summed E-state index contributed by atoms with van der Waals surface area (Å²) in [5.74, 6) is 0.850. The number of carbonyl (C=O) groups is 1. The van der Waals surface area contributed by atoms with Crippen molar-refractivity contribution in [3.8, 4) is 0 Å².